The molecule has 1 fully saturated rings. The van der Waals surface area contributed by atoms with Gasteiger partial charge >= 0.3 is 0 Å². The third-order valence-corrected chi connectivity index (χ3v) is 3.83. The molecule has 0 aromatic carbocycles. The summed E-state index contributed by atoms with van der Waals surface area (Å²) in [4.78, 5) is 0. The van der Waals surface area contributed by atoms with Gasteiger partial charge in [-0.3, -0.25) is 4.68 Å². The molecule has 4 nitrogen and oxygen atoms in total. The van der Waals surface area contributed by atoms with Gasteiger partial charge in [0, 0.05) is 25.4 Å². The number of nitrogens with one attached hydrogen (secondary N) is 1. The predicted molar refractivity (Wildman–Crippen MR) is 65.7 cm³/mol. The van der Waals surface area contributed by atoms with Crippen molar-refractivity contribution in [2.24, 2.45) is 7.05 Å². The third-order valence-electron chi connectivity index (χ3n) is 2.60. The van der Waals surface area contributed by atoms with Crippen molar-refractivity contribution >= 4 is 11.8 Å². The van der Waals surface area contributed by atoms with Crippen LogP contribution in [0, 0.1) is 6.92 Å². The zero-order valence-corrected chi connectivity index (χ0v) is 10.6. The highest BCUT2D eigenvalue weighted by Gasteiger charge is 2.21. The Balaban J connectivity index is 1.70. The number of aryl methyl sites for hydroxylation is 2. The van der Waals surface area contributed by atoms with E-state index in [1.807, 2.05) is 24.7 Å². The molecular formula is C11H19N3OS. The fraction of sp³-hybridized carbons (Fsp3) is 0.727. The number of aliphatic hydroxyl groups excluding tert-OH is 1. The lowest BCUT2D eigenvalue weighted by Gasteiger charge is -2.10. The van der Waals surface area contributed by atoms with Crippen molar-refractivity contribution in [2.45, 2.75) is 36.9 Å². The van der Waals surface area contributed by atoms with Crippen molar-refractivity contribution in [1.82, 2.24) is 15.1 Å². The van der Waals surface area contributed by atoms with E-state index in [1.54, 1.807) is 11.8 Å². The maximum atomic E-state index is 9.77. The van der Waals surface area contributed by atoms with Crippen LogP contribution in [-0.4, -0.2) is 39.3 Å². The summed E-state index contributed by atoms with van der Waals surface area (Å²) in [5.74, 6) is 0.721. The van der Waals surface area contributed by atoms with E-state index >= 15 is 0 Å². The minimum atomic E-state index is -0.277. The van der Waals surface area contributed by atoms with Gasteiger partial charge in [0.25, 0.3) is 0 Å². The Morgan fingerprint density at radius 1 is 1.69 bits per heavy atom. The molecule has 2 rings (SSSR count). The summed E-state index contributed by atoms with van der Waals surface area (Å²) in [6.07, 6.45) is 2.25. The average molecular weight is 241 g/mol. The highest BCUT2D eigenvalue weighted by Crippen LogP contribution is 2.20. The average Bonchev–Trinajstić information content (AvgIpc) is 2.99. The van der Waals surface area contributed by atoms with Gasteiger partial charge in [-0.25, -0.2) is 0 Å². The van der Waals surface area contributed by atoms with Gasteiger partial charge in [0.15, 0.2) is 0 Å². The summed E-state index contributed by atoms with van der Waals surface area (Å²) >= 11 is 1.66. The standard InChI is InChI=1S/C11H19N3OS/c1-8-5-11(14(2)13-8)16-7-10(15)6-12-9-3-4-9/h5,9-10,12,15H,3-4,6-7H2,1-2H3. The topological polar surface area (TPSA) is 50.1 Å². The minimum Gasteiger partial charge on any atom is -0.391 e. The normalized spacial score (nSPS) is 17.7. The maximum absolute atomic E-state index is 9.77. The van der Waals surface area contributed by atoms with Gasteiger partial charge in [-0.2, -0.15) is 5.10 Å². The van der Waals surface area contributed by atoms with Crippen molar-refractivity contribution in [3.63, 3.8) is 0 Å². The number of aromatic nitrogens is 2. The zero-order chi connectivity index (χ0) is 11.5. The molecule has 0 amide bonds. The van der Waals surface area contributed by atoms with Crippen LogP contribution in [0.5, 0.6) is 0 Å². The second kappa shape index (κ2) is 5.21. The Hall–Kier alpha value is -0.520. The molecule has 1 heterocycles. The quantitative estimate of drug-likeness (QED) is 0.728. The number of aliphatic hydroxyl groups is 1. The summed E-state index contributed by atoms with van der Waals surface area (Å²) in [5.41, 5.74) is 1.02. The molecule has 1 saturated carbocycles. The highest BCUT2D eigenvalue weighted by molar-refractivity contribution is 7.99. The number of hydrogen-bond acceptors (Lipinski definition) is 4. The third kappa shape index (κ3) is 3.50. The molecule has 0 radical (unpaired) electrons. The molecule has 1 aromatic heterocycles. The first-order valence-corrected chi connectivity index (χ1v) is 6.68. The number of rotatable bonds is 6. The van der Waals surface area contributed by atoms with Gasteiger partial charge in [0.1, 0.15) is 0 Å². The molecule has 2 N–H and O–H groups in total. The Bertz CT molecular complexity index is 349. The van der Waals surface area contributed by atoms with Gasteiger partial charge < -0.3 is 10.4 Å². The van der Waals surface area contributed by atoms with Crippen molar-refractivity contribution in [3.8, 4) is 0 Å². The van der Waals surface area contributed by atoms with Gasteiger partial charge in [-0.1, -0.05) is 0 Å². The smallest absolute Gasteiger partial charge is 0.0940 e. The minimum absolute atomic E-state index is 0.277. The fourth-order valence-electron chi connectivity index (χ4n) is 1.55. The molecule has 0 aliphatic heterocycles. The van der Waals surface area contributed by atoms with E-state index in [9.17, 15) is 5.11 Å². The van der Waals surface area contributed by atoms with Crippen molar-refractivity contribution in [1.29, 1.82) is 0 Å². The van der Waals surface area contributed by atoms with Crippen LogP contribution in [0.3, 0.4) is 0 Å². The highest BCUT2D eigenvalue weighted by atomic mass is 32.2. The molecule has 1 aliphatic rings. The maximum Gasteiger partial charge on any atom is 0.0940 e. The molecule has 0 spiro atoms. The van der Waals surface area contributed by atoms with Crippen LogP contribution in [0.4, 0.5) is 0 Å². The molecular weight excluding hydrogens is 222 g/mol. The van der Waals surface area contributed by atoms with Crippen LogP contribution in [0.15, 0.2) is 11.1 Å². The molecule has 1 aromatic rings. The summed E-state index contributed by atoms with van der Waals surface area (Å²) < 4.78 is 1.86. The van der Waals surface area contributed by atoms with Gasteiger partial charge in [-0.15, -0.1) is 11.8 Å². The van der Waals surface area contributed by atoms with Crippen molar-refractivity contribution in [3.05, 3.63) is 11.8 Å². The molecule has 1 unspecified atom stereocenters. The second-order valence-electron chi connectivity index (χ2n) is 4.39. The molecule has 16 heavy (non-hydrogen) atoms. The van der Waals surface area contributed by atoms with E-state index in [-0.39, 0.29) is 6.10 Å². The van der Waals surface area contributed by atoms with Gasteiger partial charge in [0.05, 0.1) is 16.8 Å². The van der Waals surface area contributed by atoms with Crippen LogP contribution in [0.1, 0.15) is 18.5 Å². The number of nitrogens with zero attached hydrogens (tertiary/aromatic N) is 2. The van der Waals surface area contributed by atoms with E-state index < -0.39 is 0 Å². The van der Waals surface area contributed by atoms with E-state index in [0.717, 1.165) is 16.5 Å². The van der Waals surface area contributed by atoms with Crippen LogP contribution >= 0.6 is 11.8 Å². The molecule has 1 aliphatic carbocycles. The molecule has 5 heteroatoms. The van der Waals surface area contributed by atoms with Gasteiger partial charge in [0.2, 0.25) is 0 Å². The summed E-state index contributed by atoms with van der Waals surface area (Å²) in [6, 6.07) is 2.71. The zero-order valence-electron chi connectivity index (χ0n) is 9.81. The van der Waals surface area contributed by atoms with E-state index in [4.69, 9.17) is 0 Å². The van der Waals surface area contributed by atoms with Crippen molar-refractivity contribution in [2.75, 3.05) is 12.3 Å². The predicted octanol–water partition coefficient (Wildman–Crippen LogP) is 0.934. The Labute approximate surface area is 100 Å². The van der Waals surface area contributed by atoms with Crippen molar-refractivity contribution < 1.29 is 5.11 Å². The first kappa shape index (κ1) is 12.0. The summed E-state index contributed by atoms with van der Waals surface area (Å²) in [5, 5.41) is 18.5. The number of thioether (sulfide) groups is 1. The lowest BCUT2D eigenvalue weighted by Crippen LogP contribution is -2.29. The van der Waals surface area contributed by atoms with E-state index in [0.29, 0.717) is 12.6 Å². The first-order valence-electron chi connectivity index (χ1n) is 5.70. The Morgan fingerprint density at radius 3 is 3.00 bits per heavy atom. The lowest BCUT2D eigenvalue weighted by atomic mass is 10.4. The second-order valence-corrected chi connectivity index (χ2v) is 5.44. The van der Waals surface area contributed by atoms with Crippen LogP contribution < -0.4 is 5.32 Å². The monoisotopic (exact) mass is 241 g/mol. The largest absolute Gasteiger partial charge is 0.391 e. The Kier molecular flexibility index (Phi) is 3.89. The molecule has 0 bridgehead atoms. The molecule has 90 valence electrons. The fourth-order valence-corrected chi connectivity index (χ4v) is 2.52. The SMILES string of the molecule is Cc1cc(SCC(O)CNC2CC2)n(C)n1. The molecule has 0 saturated heterocycles. The van der Waals surface area contributed by atoms with Crippen LogP contribution in [0.2, 0.25) is 0 Å². The summed E-state index contributed by atoms with van der Waals surface area (Å²) in [6.45, 7) is 2.68. The molecule has 1 atom stereocenters. The van der Waals surface area contributed by atoms with Crippen LogP contribution in [0.25, 0.3) is 0 Å². The lowest BCUT2D eigenvalue weighted by molar-refractivity contribution is 0.195. The van der Waals surface area contributed by atoms with Crippen LogP contribution in [-0.2, 0) is 7.05 Å². The summed E-state index contributed by atoms with van der Waals surface area (Å²) in [7, 11) is 1.93. The van der Waals surface area contributed by atoms with E-state index in [2.05, 4.69) is 10.4 Å². The number of hydrogen-bond donors (Lipinski definition) is 2. The van der Waals surface area contributed by atoms with Gasteiger partial charge in [-0.05, 0) is 25.8 Å². The Morgan fingerprint density at radius 2 is 2.44 bits per heavy atom. The first-order chi connectivity index (χ1) is 7.65. The van der Waals surface area contributed by atoms with E-state index in [1.165, 1.54) is 12.8 Å².